The lowest BCUT2D eigenvalue weighted by Gasteiger charge is -2.18. The Morgan fingerprint density at radius 2 is 1.82 bits per heavy atom. The molecule has 4 rings (SSSR count). The van der Waals surface area contributed by atoms with Gasteiger partial charge in [-0.2, -0.15) is 0 Å². The summed E-state index contributed by atoms with van der Waals surface area (Å²) in [5, 5.41) is 0.774. The average Bonchev–Trinajstić information content (AvgIpc) is 3.26. The maximum atomic E-state index is 13.8. The van der Waals surface area contributed by atoms with E-state index >= 15 is 0 Å². The number of aromatic nitrogens is 2. The lowest BCUT2D eigenvalue weighted by atomic mass is 10.2. The van der Waals surface area contributed by atoms with Crippen molar-refractivity contribution >= 4 is 45.2 Å². The van der Waals surface area contributed by atoms with Crippen LogP contribution < -0.4 is 10.3 Å². The number of aryl methyl sites for hydroxylation is 1. The second-order valence-corrected chi connectivity index (χ2v) is 10.5. The lowest BCUT2D eigenvalue weighted by Crippen LogP contribution is -2.29. The Balaban J connectivity index is 1.70. The van der Waals surface area contributed by atoms with Gasteiger partial charge in [-0.05, 0) is 31.0 Å². The number of hydrogen-bond donors (Lipinski definition) is 0. The van der Waals surface area contributed by atoms with Crippen LogP contribution in [0.3, 0.4) is 0 Å². The quantitative estimate of drug-likeness (QED) is 0.160. The average molecular weight is 552 g/mol. The third-order valence-electron chi connectivity index (χ3n) is 6.01. The molecule has 4 aromatic rings. The van der Waals surface area contributed by atoms with Gasteiger partial charge in [0.1, 0.15) is 15.5 Å². The van der Waals surface area contributed by atoms with Crippen molar-refractivity contribution in [2.75, 3.05) is 26.5 Å². The van der Waals surface area contributed by atoms with E-state index in [0.717, 1.165) is 22.5 Å². The van der Waals surface area contributed by atoms with E-state index in [1.807, 2.05) is 54.6 Å². The van der Waals surface area contributed by atoms with Crippen molar-refractivity contribution in [1.29, 1.82) is 0 Å². The Morgan fingerprint density at radius 3 is 2.53 bits per heavy atom. The number of amides is 1. The molecular weight excluding hydrogens is 522 g/mol. The van der Waals surface area contributed by atoms with E-state index in [2.05, 4.69) is 0 Å². The summed E-state index contributed by atoms with van der Waals surface area (Å²) in [6, 6.07) is 17.2. The molecule has 38 heavy (non-hydrogen) atoms. The molecule has 198 valence electrons. The molecule has 0 saturated heterocycles. The van der Waals surface area contributed by atoms with E-state index in [-0.39, 0.29) is 30.4 Å². The van der Waals surface area contributed by atoms with Crippen LogP contribution in [-0.2, 0) is 22.6 Å². The Morgan fingerprint density at radius 1 is 1.11 bits per heavy atom. The number of hydrogen-bond acceptors (Lipinski definition) is 8. The van der Waals surface area contributed by atoms with Crippen LogP contribution in [0.25, 0.3) is 10.2 Å². The van der Waals surface area contributed by atoms with E-state index in [1.165, 1.54) is 11.8 Å². The number of benzene rings is 2. The van der Waals surface area contributed by atoms with Crippen molar-refractivity contribution in [3.8, 4) is 5.75 Å². The largest absolute Gasteiger partial charge is 0.496 e. The van der Waals surface area contributed by atoms with Crippen molar-refractivity contribution in [3.63, 3.8) is 0 Å². The van der Waals surface area contributed by atoms with E-state index in [1.54, 1.807) is 37.5 Å². The summed E-state index contributed by atoms with van der Waals surface area (Å²) >= 11 is 2.33. The van der Waals surface area contributed by atoms with Gasteiger partial charge in [0.25, 0.3) is 5.56 Å². The Bertz CT molecular complexity index is 1510. The standard InChI is InChI=1S/C28H29N3O5S2/c1-5-36-27(34)24-18(2)23-25(38-24)29-28(31(26(23)33)16-20-13-9-10-14-21(20)35-4)37-17-22(32)30(3)15-19-11-7-6-8-12-19/h6-14H,5,15-17H2,1-4H3. The third-order valence-corrected chi connectivity index (χ3v) is 8.14. The van der Waals surface area contributed by atoms with Crippen LogP contribution in [0.15, 0.2) is 64.5 Å². The molecule has 0 atom stereocenters. The van der Waals surface area contributed by atoms with Crippen molar-refractivity contribution in [2.45, 2.75) is 32.1 Å². The molecule has 0 aliphatic rings. The number of thioether (sulfide) groups is 1. The molecule has 8 nitrogen and oxygen atoms in total. The Kier molecular flexibility index (Phi) is 8.85. The summed E-state index contributed by atoms with van der Waals surface area (Å²) < 4.78 is 12.2. The molecule has 0 aliphatic carbocycles. The highest BCUT2D eigenvalue weighted by molar-refractivity contribution is 7.99. The lowest BCUT2D eigenvalue weighted by molar-refractivity contribution is -0.127. The summed E-state index contributed by atoms with van der Waals surface area (Å²) in [7, 11) is 3.33. The van der Waals surface area contributed by atoms with Gasteiger partial charge in [0.15, 0.2) is 5.16 Å². The second-order valence-electron chi connectivity index (χ2n) is 8.58. The summed E-state index contributed by atoms with van der Waals surface area (Å²) in [6.45, 7) is 4.38. The predicted octanol–water partition coefficient (Wildman–Crippen LogP) is 4.75. The molecular formula is C28H29N3O5S2. The Labute approximate surface area is 229 Å². The number of carbonyl (C=O) groups is 2. The van der Waals surface area contributed by atoms with Crippen molar-refractivity contribution < 1.29 is 19.1 Å². The van der Waals surface area contributed by atoms with E-state index < -0.39 is 5.97 Å². The number of rotatable bonds is 10. The molecule has 2 heterocycles. The van der Waals surface area contributed by atoms with Crippen molar-refractivity contribution in [3.05, 3.63) is 86.5 Å². The molecule has 2 aromatic heterocycles. The summed E-state index contributed by atoms with van der Waals surface area (Å²) in [5.41, 5.74) is 2.09. The molecule has 0 saturated carbocycles. The number of thiophene rings is 1. The highest BCUT2D eigenvalue weighted by Gasteiger charge is 2.23. The zero-order chi connectivity index (χ0) is 27.2. The molecule has 0 unspecified atom stereocenters. The number of ether oxygens (including phenoxy) is 2. The maximum absolute atomic E-state index is 13.8. The summed E-state index contributed by atoms with van der Waals surface area (Å²) in [5.74, 6) is 0.174. The predicted molar refractivity (Wildman–Crippen MR) is 150 cm³/mol. The topological polar surface area (TPSA) is 90.7 Å². The number of carbonyl (C=O) groups excluding carboxylic acids is 2. The van der Waals surface area contributed by atoms with E-state index in [9.17, 15) is 14.4 Å². The molecule has 0 fully saturated rings. The third kappa shape index (κ3) is 5.92. The highest BCUT2D eigenvalue weighted by atomic mass is 32.2. The fourth-order valence-electron chi connectivity index (χ4n) is 4.02. The normalized spacial score (nSPS) is 10.9. The van der Waals surface area contributed by atoms with Gasteiger partial charge in [0.05, 0.1) is 31.4 Å². The molecule has 10 heteroatoms. The molecule has 0 bridgehead atoms. The minimum absolute atomic E-state index is 0.0911. The summed E-state index contributed by atoms with van der Waals surface area (Å²) in [6.07, 6.45) is 0. The van der Waals surface area contributed by atoms with Gasteiger partial charge in [-0.3, -0.25) is 14.2 Å². The molecule has 0 aliphatic heterocycles. The van der Waals surface area contributed by atoms with Gasteiger partial charge in [-0.1, -0.05) is 60.3 Å². The molecule has 0 spiro atoms. The van der Waals surface area contributed by atoms with Gasteiger partial charge in [0.2, 0.25) is 5.91 Å². The van der Waals surface area contributed by atoms with Crippen molar-refractivity contribution in [2.24, 2.45) is 0 Å². The van der Waals surface area contributed by atoms with Crippen molar-refractivity contribution in [1.82, 2.24) is 14.5 Å². The number of esters is 1. The first kappa shape index (κ1) is 27.4. The Hall–Kier alpha value is -3.63. The maximum Gasteiger partial charge on any atom is 0.348 e. The zero-order valence-electron chi connectivity index (χ0n) is 21.7. The molecule has 0 radical (unpaired) electrons. The van der Waals surface area contributed by atoms with Crippen LogP contribution in [0, 0.1) is 6.92 Å². The molecule has 1 amide bonds. The van der Waals surface area contributed by atoms with Crippen LogP contribution in [0.2, 0.25) is 0 Å². The fraction of sp³-hybridized carbons (Fsp3) is 0.286. The van der Waals surface area contributed by atoms with Crippen LogP contribution in [0.5, 0.6) is 5.75 Å². The van der Waals surface area contributed by atoms with Crippen LogP contribution >= 0.6 is 23.1 Å². The smallest absolute Gasteiger partial charge is 0.348 e. The van der Waals surface area contributed by atoms with Crippen LogP contribution in [-0.4, -0.2) is 52.8 Å². The first-order valence-corrected chi connectivity index (χ1v) is 13.9. The first-order valence-electron chi connectivity index (χ1n) is 12.1. The van der Waals surface area contributed by atoms with Crippen LogP contribution in [0.1, 0.15) is 33.3 Å². The zero-order valence-corrected chi connectivity index (χ0v) is 23.4. The fourth-order valence-corrected chi connectivity index (χ4v) is 6.08. The number of para-hydroxylation sites is 1. The van der Waals surface area contributed by atoms with Gasteiger partial charge in [0, 0.05) is 19.2 Å². The number of methoxy groups -OCH3 is 1. The minimum Gasteiger partial charge on any atom is -0.496 e. The van der Waals surface area contributed by atoms with Gasteiger partial charge in [-0.25, -0.2) is 9.78 Å². The van der Waals surface area contributed by atoms with Gasteiger partial charge < -0.3 is 14.4 Å². The minimum atomic E-state index is -0.476. The highest BCUT2D eigenvalue weighted by Crippen LogP contribution is 2.31. The number of fused-ring (bicyclic) bond motifs is 1. The SMILES string of the molecule is CCOC(=O)c1sc2nc(SCC(=O)N(C)Cc3ccccc3)n(Cc3ccccc3OC)c(=O)c2c1C. The first-order chi connectivity index (χ1) is 18.3. The van der Waals surface area contributed by atoms with E-state index in [0.29, 0.717) is 38.1 Å². The monoisotopic (exact) mass is 551 g/mol. The number of nitrogens with zero attached hydrogens (tertiary/aromatic N) is 3. The van der Waals surface area contributed by atoms with Gasteiger partial charge >= 0.3 is 5.97 Å². The second kappa shape index (κ2) is 12.3. The van der Waals surface area contributed by atoms with E-state index in [4.69, 9.17) is 14.5 Å². The van der Waals surface area contributed by atoms with Gasteiger partial charge in [-0.15, -0.1) is 11.3 Å². The van der Waals surface area contributed by atoms with Crippen LogP contribution in [0.4, 0.5) is 0 Å². The summed E-state index contributed by atoms with van der Waals surface area (Å²) in [4.78, 5) is 46.5. The molecule has 2 aromatic carbocycles. The molecule has 0 N–H and O–H groups in total.